The van der Waals surface area contributed by atoms with Crippen LogP contribution in [0.3, 0.4) is 0 Å². The summed E-state index contributed by atoms with van der Waals surface area (Å²) in [4.78, 5) is 33.5. The maximum Gasteiger partial charge on any atom is 0.0201 e. The third-order valence-corrected chi connectivity index (χ3v) is 33.7. The third kappa shape index (κ3) is 86.6. The highest BCUT2D eigenvalue weighted by Crippen LogP contribution is 2.37. The first-order chi connectivity index (χ1) is 61.8. The van der Waals surface area contributed by atoms with Gasteiger partial charge in [0.05, 0.1) is 0 Å². The summed E-state index contributed by atoms with van der Waals surface area (Å²) in [5.41, 5.74) is 3.65. The van der Waals surface area contributed by atoms with Crippen molar-refractivity contribution in [3.05, 3.63) is 0 Å². The molecular weight excluding hydrogens is 1720 g/mol. The van der Waals surface area contributed by atoms with E-state index in [0.29, 0.717) is 170 Å². The smallest absolute Gasteiger partial charge is 0.0201 e. The molecule has 0 saturated heterocycles. The number of nitrogens with zero attached hydrogens (tertiary/aromatic N) is 14. The van der Waals surface area contributed by atoms with Crippen LogP contribution in [0.1, 0.15) is 525 Å². The van der Waals surface area contributed by atoms with Crippen molar-refractivity contribution in [3.8, 4) is 0 Å². The minimum atomic E-state index is 0.251. The van der Waals surface area contributed by atoms with E-state index < -0.39 is 0 Å². The Morgan fingerprint density at radius 1 is 0.227 bits per heavy atom. The van der Waals surface area contributed by atoms with Gasteiger partial charge in [-0.1, -0.05) is 180 Å². The molecule has 0 N–H and O–H groups in total. The Morgan fingerprint density at radius 3 is 0.525 bits per heavy atom. The lowest BCUT2D eigenvalue weighted by molar-refractivity contribution is 0.0209. The fourth-order valence-corrected chi connectivity index (χ4v) is 13.0. The van der Waals surface area contributed by atoms with Crippen LogP contribution in [0.15, 0.2) is 0 Å². The maximum absolute atomic E-state index is 2.44. The molecule has 4 unspecified atom stereocenters. The lowest BCUT2D eigenvalue weighted by Crippen LogP contribution is -2.53. The normalized spacial score (nSPS) is 14.0. The molecule has 0 amide bonds. The van der Waals surface area contributed by atoms with E-state index in [0.717, 1.165) is 17.9 Å². The number of rotatable bonds is 34. The van der Waals surface area contributed by atoms with E-state index in [1.54, 1.807) is 0 Å². The van der Waals surface area contributed by atoms with Gasteiger partial charge < -0.3 is 39.2 Å². The Bertz CT molecular complexity index is 2590. The summed E-state index contributed by atoms with van der Waals surface area (Å²) in [7, 11) is 30.6. The van der Waals surface area contributed by atoms with Crippen LogP contribution in [0.2, 0.25) is 0 Å². The highest BCUT2D eigenvalue weighted by Gasteiger charge is 2.39. The lowest BCUT2D eigenvalue weighted by Gasteiger charge is -2.48. The summed E-state index contributed by atoms with van der Waals surface area (Å²) in [5.74, 6) is 2.95. The standard InChI is InChI=1S/2C11H25N.4C10H23N.3C9H21N.3C8H19N.2C7H17N/c2*1-9(2)12(8)11(6,7)10(3,4)5;2*1-8(2)11(7)9(3)10(4,5)6;2*1-8(2)10(5,6)11(7)9(3)4;1-8(2)10(6)7-9(3,4)5;1-7-9(4,5)10(6)8(2)3;1-7(2)9(5)10(6)8(3)4;1-7(2)9(6)8(3,4)5;1-7(2)6-9(5)8(3)4;1-6-8(4)9(5)7(2)3;1-6(2)8(5)7(3)4;1-5-6-8(4)7(2)3/h2*9H,1-8H3;4*8-9H,1-7H3;2*8H,7H2,1-6H3;7-9H,1-6H3;7H,1-6H3;2*7-8H,6H2,1-5H3;6-7H,1-5H3;7H,5-6H2,1-4H3. The monoisotopic (exact) mass is 2020 g/mol. The zero-order chi connectivity index (χ0) is 118. The predicted molar refractivity (Wildman–Crippen MR) is 666 cm³/mol. The molecule has 4 atom stereocenters. The summed E-state index contributed by atoms with van der Waals surface area (Å²) in [6.45, 7) is 168. The first kappa shape index (κ1) is 171. The van der Waals surface area contributed by atoms with Gasteiger partial charge in [-0.2, -0.15) is 0 Å². The molecule has 0 aromatic carbocycles. The van der Waals surface area contributed by atoms with E-state index in [4.69, 9.17) is 0 Å². The van der Waals surface area contributed by atoms with E-state index >= 15 is 0 Å². The van der Waals surface area contributed by atoms with E-state index in [9.17, 15) is 0 Å². The first-order valence-electron chi connectivity index (χ1n) is 57.8. The van der Waals surface area contributed by atoms with Crippen LogP contribution in [0.5, 0.6) is 0 Å². The molecular formula is C127H296N14. The fourth-order valence-electron chi connectivity index (χ4n) is 13.0. The summed E-state index contributed by atoms with van der Waals surface area (Å²) >= 11 is 0. The average molecular weight is 2020 g/mol. The summed E-state index contributed by atoms with van der Waals surface area (Å²) < 4.78 is 0. The Hall–Kier alpha value is -0.560. The summed E-state index contributed by atoms with van der Waals surface area (Å²) in [5, 5.41) is 0. The second-order valence-electron chi connectivity index (χ2n) is 57.6. The van der Waals surface area contributed by atoms with E-state index in [-0.39, 0.29) is 11.1 Å². The largest absolute Gasteiger partial charge is 0.304 e. The van der Waals surface area contributed by atoms with E-state index in [2.05, 4.69) is 673 Å². The van der Waals surface area contributed by atoms with Crippen molar-refractivity contribution >= 4 is 0 Å². The van der Waals surface area contributed by atoms with Gasteiger partial charge in [0.15, 0.2) is 0 Å². The van der Waals surface area contributed by atoms with Gasteiger partial charge in [0.1, 0.15) is 0 Å². The van der Waals surface area contributed by atoms with Gasteiger partial charge >= 0.3 is 0 Å². The molecule has 874 valence electrons. The van der Waals surface area contributed by atoms with Gasteiger partial charge in [0.25, 0.3) is 0 Å². The molecule has 0 saturated carbocycles. The van der Waals surface area contributed by atoms with Crippen LogP contribution in [-0.2, 0) is 0 Å². The highest BCUT2D eigenvalue weighted by molar-refractivity contribution is 4.94. The van der Waals surface area contributed by atoms with Crippen LogP contribution < -0.4 is 0 Å². The average Bonchev–Trinajstić information content (AvgIpc) is 0.810. The quantitative estimate of drug-likeness (QED) is 0.0614. The molecule has 0 aliphatic rings. The van der Waals surface area contributed by atoms with E-state index in [1.165, 1.54) is 38.9 Å². The zero-order valence-electron chi connectivity index (χ0n) is 116. The number of hydrogen-bond donors (Lipinski definition) is 0. The van der Waals surface area contributed by atoms with Gasteiger partial charge in [-0.25, -0.2) is 0 Å². The van der Waals surface area contributed by atoms with Crippen molar-refractivity contribution in [2.45, 2.75) is 673 Å². The molecule has 0 bridgehead atoms. The fraction of sp³-hybridized carbons (Fsp3) is 1.00. The molecule has 141 heavy (non-hydrogen) atoms. The Morgan fingerprint density at radius 2 is 0.461 bits per heavy atom. The van der Waals surface area contributed by atoms with Crippen molar-refractivity contribution in [1.29, 1.82) is 0 Å². The molecule has 0 aromatic heterocycles. The van der Waals surface area contributed by atoms with Crippen LogP contribution in [0, 0.1) is 50.7 Å². The van der Waals surface area contributed by atoms with Crippen molar-refractivity contribution in [1.82, 2.24) is 68.6 Å². The van der Waals surface area contributed by atoms with Gasteiger partial charge in [-0.3, -0.25) is 29.4 Å². The third-order valence-electron chi connectivity index (χ3n) is 33.7. The first-order valence-corrected chi connectivity index (χ1v) is 57.8. The highest BCUT2D eigenvalue weighted by atomic mass is 15.2. The minimum Gasteiger partial charge on any atom is -0.304 e. The van der Waals surface area contributed by atoms with Gasteiger partial charge in [0.2, 0.25) is 0 Å². The van der Waals surface area contributed by atoms with Gasteiger partial charge in [-0.05, 0) is 501 Å². The SMILES string of the molecule is CC(C)C(C)N(C)C(C)C.CC(C)CN(C)C(C)C.CC(C)N(C)C(C)(C)C.CC(C)N(C)C(C)(C)C(C)(C)C.CC(C)N(C)C(C)(C)C(C)(C)C.CC(C)N(C)C(C)(C)C(C)C.CC(C)N(C)C(C)(C)C(C)C.CC(C)N(C)C(C)C.CC(C)N(C)C(C)C(C)(C)C.CC(C)N(C)C(C)C(C)(C)C.CC(C)N(C)CC(C)(C)C.CCC(C)(C)N(C)C(C)C.CCC(C)N(C)C(C)C.CCCN(C)C(C)C. The van der Waals surface area contributed by atoms with Crippen molar-refractivity contribution in [3.63, 3.8) is 0 Å². The molecule has 0 fully saturated rings. The molecule has 0 heterocycles. The van der Waals surface area contributed by atoms with Gasteiger partial charge in [0, 0.05) is 161 Å². The van der Waals surface area contributed by atoms with Crippen LogP contribution in [0.4, 0.5) is 0 Å². The van der Waals surface area contributed by atoms with Gasteiger partial charge in [-0.15, -0.1) is 0 Å². The van der Waals surface area contributed by atoms with Crippen molar-refractivity contribution < 1.29 is 0 Å². The Balaban J connectivity index is -0.000000103. The van der Waals surface area contributed by atoms with Crippen molar-refractivity contribution in [2.75, 3.05) is 118 Å². The Labute approximate surface area is 904 Å². The molecule has 0 spiro atoms. The van der Waals surface area contributed by atoms with Crippen LogP contribution in [0.25, 0.3) is 0 Å². The van der Waals surface area contributed by atoms with E-state index in [1.807, 2.05) is 0 Å². The summed E-state index contributed by atoms with van der Waals surface area (Å²) in [6, 6.07) is 12.5. The summed E-state index contributed by atoms with van der Waals surface area (Å²) in [6.07, 6.45) is 3.71. The molecule has 0 aliphatic carbocycles. The topological polar surface area (TPSA) is 45.4 Å². The number of hydrogen-bond acceptors (Lipinski definition) is 14. The molecule has 0 rings (SSSR count). The second kappa shape index (κ2) is 80.3. The van der Waals surface area contributed by atoms with Crippen LogP contribution in [-0.4, -0.2) is 335 Å². The molecule has 0 aromatic rings. The lowest BCUT2D eigenvalue weighted by atomic mass is 9.75. The second-order valence-corrected chi connectivity index (χ2v) is 57.6. The molecule has 0 radical (unpaired) electrons. The van der Waals surface area contributed by atoms with Crippen LogP contribution >= 0.6 is 0 Å². The Kier molecular flexibility index (Phi) is 97.3. The minimum absolute atomic E-state index is 0.251. The molecule has 14 nitrogen and oxygen atoms in total. The molecule has 14 heteroatoms. The zero-order valence-corrected chi connectivity index (χ0v) is 116. The predicted octanol–water partition coefficient (Wildman–Crippen LogP) is 34.3. The maximum atomic E-state index is 2.44. The van der Waals surface area contributed by atoms with Crippen molar-refractivity contribution in [2.24, 2.45) is 50.7 Å². The molecule has 0 aliphatic heterocycles.